The van der Waals surface area contributed by atoms with E-state index in [0.29, 0.717) is 37.4 Å². The average molecular weight is 382 g/mol. The molecule has 0 spiro atoms. The summed E-state index contributed by atoms with van der Waals surface area (Å²) >= 11 is 0. The Hall–Kier alpha value is -2.69. The van der Waals surface area contributed by atoms with Crippen molar-refractivity contribution in [2.45, 2.75) is 45.6 Å². The van der Waals surface area contributed by atoms with Crippen molar-refractivity contribution in [1.82, 2.24) is 14.7 Å². The fourth-order valence-corrected chi connectivity index (χ4v) is 3.58. The third-order valence-electron chi connectivity index (χ3n) is 4.95. The highest BCUT2D eigenvalue weighted by Crippen LogP contribution is 2.32. The van der Waals surface area contributed by atoms with Crippen molar-refractivity contribution in [1.29, 1.82) is 5.26 Å². The molecule has 0 aliphatic carbocycles. The van der Waals surface area contributed by atoms with Crippen molar-refractivity contribution in [3.63, 3.8) is 0 Å². The molecule has 2 heterocycles. The summed E-state index contributed by atoms with van der Waals surface area (Å²) in [5.74, 6) is -0.0736. The molecule has 1 aliphatic heterocycles. The summed E-state index contributed by atoms with van der Waals surface area (Å²) in [6.45, 7) is 5.43. The highest BCUT2D eigenvalue weighted by Gasteiger charge is 2.33. The van der Waals surface area contributed by atoms with Crippen molar-refractivity contribution >= 4 is 5.91 Å². The number of carbonyl (C=O) groups excluding carboxylic acids is 1. The van der Waals surface area contributed by atoms with Gasteiger partial charge in [-0.1, -0.05) is 12.1 Å². The molecule has 0 radical (unpaired) electrons. The SMILES string of the molecule is COCCn1nc2c(c1C(=O)N(C)Cc1ccc(C#N)cc1)C[C@H](C)O[C@@H]2C. The van der Waals surface area contributed by atoms with E-state index in [1.54, 1.807) is 35.9 Å². The molecule has 0 saturated heterocycles. The fraction of sp³-hybridized carbons (Fsp3) is 0.476. The van der Waals surface area contributed by atoms with Gasteiger partial charge in [-0.05, 0) is 31.5 Å². The van der Waals surface area contributed by atoms with E-state index in [2.05, 4.69) is 11.2 Å². The molecule has 3 rings (SSSR count). The Morgan fingerprint density at radius 3 is 2.75 bits per heavy atom. The zero-order valence-corrected chi connectivity index (χ0v) is 16.8. The first-order chi connectivity index (χ1) is 13.4. The summed E-state index contributed by atoms with van der Waals surface area (Å²) in [6, 6.07) is 9.38. The number of hydrogen-bond donors (Lipinski definition) is 0. The summed E-state index contributed by atoms with van der Waals surface area (Å²) in [6.07, 6.45) is 0.564. The molecule has 7 heteroatoms. The van der Waals surface area contributed by atoms with Gasteiger partial charge in [0.15, 0.2) is 0 Å². The maximum absolute atomic E-state index is 13.3. The van der Waals surface area contributed by atoms with Gasteiger partial charge in [0.05, 0.1) is 42.7 Å². The van der Waals surface area contributed by atoms with Crippen molar-refractivity contribution < 1.29 is 14.3 Å². The number of hydrogen-bond acceptors (Lipinski definition) is 5. The Labute approximate surface area is 165 Å². The van der Waals surface area contributed by atoms with E-state index in [9.17, 15) is 4.79 Å². The second kappa shape index (κ2) is 8.55. The van der Waals surface area contributed by atoms with Crippen LogP contribution in [0.3, 0.4) is 0 Å². The number of rotatable bonds is 6. The van der Waals surface area contributed by atoms with E-state index in [-0.39, 0.29) is 18.1 Å². The summed E-state index contributed by atoms with van der Waals surface area (Å²) in [4.78, 5) is 15.0. The quantitative estimate of drug-likeness (QED) is 0.767. The van der Waals surface area contributed by atoms with Crippen LogP contribution in [0.4, 0.5) is 0 Å². The van der Waals surface area contributed by atoms with E-state index in [1.807, 2.05) is 26.0 Å². The molecule has 148 valence electrons. The van der Waals surface area contributed by atoms with Gasteiger partial charge >= 0.3 is 0 Å². The van der Waals surface area contributed by atoms with Crippen LogP contribution in [0, 0.1) is 11.3 Å². The lowest BCUT2D eigenvalue weighted by atomic mass is 9.99. The Bertz CT molecular complexity index is 882. The van der Waals surface area contributed by atoms with Crippen LogP contribution in [0.25, 0.3) is 0 Å². The third-order valence-corrected chi connectivity index (χ3v) is 4.95. The van der Waals surface area contributed by atoms with Gasteiger partial charge in [-0.15, -0.1) is 0 Å². The molecule has 2 atom stereocenters. The highest BCUT2D eigenvalue weighted by atomic mass is 16.5. The Kier molecular flexibility index (Phi) is 6.12. The van der Waals surface area contributed by atoms with Crippen LogP contribution >= 0.6 is 0 Å². The molecule has 0 saturated carbocycles. The Morgan fingerprint density at radius 2 is 2.11 bits per heavy atom. The maximum atomic E-state index is 13.3. The number of nitrogens with zero attached hydrogens (tertiary/aromatic N) is 4. The van der Waals surface area contributed by atoms with Gasteiger partial charge in [0, 0.05) is 32.7 Å². The normalized spacial score (nSPS) is 18.4. The van der Waals surface area contributed by atoms with Gasteiger partial charge in [0.1, 0.15) is 5.69 Å². The van der Waals surface area contributed by atoms with Gasteiger partial charge < -0.3 is 14.4 Å². The fourth-order valence-electron chi connectivity index (χ4n) is 3.58. The topological polar surface area (TPSA) is 80.4 Å². The lowest BCUT2D eigenvalue weighted by Gasteiger charge is -2.25. The molecule has 1 aromatic heterocycles. The van der Waals surface area contributed by atoms with Gasteiger partial charge in [0.2, 0.25) is 0 Å². The van der Waals surface area contributed by atoms with Crippen LogP contribution in [-0.2, 0) is 29.0 Å². The number of methoxy groups -OCH3 is 1. The molecule has 0 fully saturated rings. The molecular formula is C21H26N4O3. The Morgan fingerprint density at radius 1 is 1.39 bits per heavy atom. The van der Waals surface area contributed by atoms with E-state index in [1.165, 1.54) is 0 Å². The zero-order valence-electron chi connectivity index (χ0n) is 16.8. The number of nitriles is 1. The summed E-state index contributed by atoms with van der Waals surface area (Å²) < 4.78 is 12.8. The van der Waals surface area contributed by atoms with Crippen LogP contribution < -0.4 is 0 Å². The monoisotopic (exact) mass is 382 g/mol. The lowest BCUT2D eigenvalue weighted by Crippen LogP contribution is -2.31. The van der Waals surface area contributed by atoms with Crippen molar-refractivity contribution in [2.75, 3.05) is 20.8 Å². The minimum absolute atomic E-state index is 0.0398. The first-order valence-corrected chi connectivity index (χ1v) is 9.43. The van der Waals surface area contributed by atoms with Crippen LogP contribution in [-0.4, -0.2) is 47.5 Å². The first-order valence-electron chi connectivity index (χ1n) is 9.43. The first kappa shape index (κ1) is 20.1. The lowest BCUT2D eigenvalue weighted by molar-refractivity contribution is -0.00720. The van der Waals surface area contributed by atoms with Crippen molar-refractivity contribution in [2.24, 2.45) is 0 Å². The minimum Gasteiger partial charge on any atom is -0.383 e. The standard InChI is InChI=1S/C21H26N4O3/c1-14-11-18-19(15(2)28-14)23-25(9-10-27-4)20(18)21(26)24(3)13-17-7-5-16(12-22)6-8-17/h5-8,14-15H,9-11,13H2,1-4H3/t14-,15+/m0/s1. The molecule has 0 bridgehead atoms. The van der Waals surface area contributed by atoms with Crippen LogP contribution in [0.2, 0.25) is 0 Å². The molecule has 2 aromatic rings. The van der Waals surface area contributed by atoms with Crippen molar-refractivity contribution in [3.8, 4) is 6.07 Å². The second-order valence-corrected chi connectivity index (χ2v) is 7.19. The minimum atomic E-state index is -0.141. The second-order valence-electron chi connectivity index (χ2n) is 7.19. The number of benzene rings is 1. The summed E-state index contributed by atoms with van der Waals surface area (Å²) in [5, 5.41) is 13.6. The van der Waals surface area contributed by atoms with Crippen LogP contribution in [0.1, 0.15) is 52.8 Å². The smallest absolute Gasteiger partial charge is 0.272 e. The third kappa shape index (κ3) is 4.08. The molecule has 1 aromatic carbocycles. The highest BCUT2D eigenvalue weighted by molar-refractivity contribution is 5.94. The molecule has 28 heavy (non-hydrogen) atoms. The van der Waals surface area contributed by atoms with Gasteiger partial charge in [-0.2, -0.15) is 10.4 Å². The average Bonchev–Trinajstić information content (AvgIpc) is 3.04. The molecule has 1 amide bonds. The summed E-state index contributed by atoms with van der Waals surface area (Å²) in [7, 11) is 3.42. The number of aromatic nitrogens is 2. The van der Waals surface area contributed by atoms with E-state index in [4.69, 9.17) is 14.7 Å². The van der Waals surface area contributed by atoms with Gasteiger partial charge in [-0.25, -0.2) is 0 Å². The summed E-state index contributed by atoms with van der Waals surface area (Å²) in [5.41, 5.74) is 4.00. The van der Waals surface area contributed by atoms with Gasteiger partial charge in [0.25, 0.3) is 5.91 Å². The number of carbonyl (C=O) groups is 1. The largest absolute Gasteiger partial charge is 0.383 e. The van der Waals surface area contributed by atoms with Gasteiger partial charge in [-0.3, -0.25) is 9.48 Å². The molecular weight excluding hydrogens is 356 g/mol. The van der Waals surface area contributed by atoms with E-state index < -0.39 is 0 Å². The van der Waals surface area contributed by atoms with E-state index >= 15 is 0 Å². The maximum Gasteiger partial charge on any atom is 0.272 e. The predicted molar refractivity (Wildman–Crippen MR) is 104 cm³/mol. The molecule has 7 nitrogen and oxygen atoms in total. The predicted octanol–water partition coefficient (Wildman–Crippen LogP) is 2.70. The Balaban J connectivity index is 1.89. The molecule has 0 unspecified atom stereocenters. The van der Waals surface area contributed by atoms with Crippen molar-refractivity contribution in [3.05, 3.63) is 52.3 Å². The van der Waals surface area contributed by atoms with Crippen LogP contribution in [0.15, 0.2) is 24.3 Å². The van der Waals surface area contributed by atoms with E-state index in [0.717, 1.165) is 16.8 Å². The number of fused-ring (bicyclic) bond motifs is 1. The van der Waals surface area contributed by atoms with Crippen LogP contribution in [0.5, 0.6) is 0 Å². The number of ether oxygens (including phenoxy) is 2. The zero-order chi connectivity index (χ0) is 20.3. The molecule has 1 aliphatic rings. The molecule has 0 N–H and O–H groups in total. The number of amides is 1.